The number of H-pyrrole nitrogens is 1. The lowest BCUT2D eigenvalue weighted by Crippen LogP contribution is -2.30. The van der Waals surface area contributed by atoms with Gasteiger partial charge in [0.25, 0.3) is 11.1 Å². The predicted molar refractivity (Wildman–Crippen MR) is 74.8 cm³/mol. The standard InChI is InChI=1S/C12H9IN2O3/c13-9-3-1-8(2-4-9)10(16)7-15-12(18)6-5-11(17)14-15/h1-6H,7H2,(H,14,17). The first-order valence-corrected chi connectivity index (χ1v) is 6.23. The molecule has 0 unspecified atom stereocenters. The molecule has 2 aromatic rings. The lowest BCUT2D eigenvalue weighted by atomic mass is 10.1. The fraction of sp³-hybridized carbons (Fsp3) is 0.0833. The molecule has 0 atom stereocenters. The topological polar surface area (TPSA) is 71.9 Å². The molecule has 5 nitrogen and oxygen atoms in total. The zero-order chi connectivity index (χ0) is 13.1. The summed E-state index contributed by atoms with van der Waals surface area (Å²) in [5.41, 5.74) is -0.314. The molecular formula is C12H9IN2O3. The first kappa shape index (κ1) is 12.7. The molecule has 0 aliphatic heterocycles. The SMILES string of the molecule is O=C(Cn1[nH]c(=O)ccc1=O)c1ccc(I)cc1. The number of carbonyl (C=O) groups is 1. The molecule has 0 fully saturated rings. The summed E-state index contributed by atoms with van der Waals surface area (Å²) in [6, 6.07) is 9.27. The summed E-state index contributed by atoms with van der Waals surface area (Å²) in [6.07, 6.45) is 0. The minimum atomic E-state index is -0.412. The summed E-state index contributed by atoms with van der Waals surface area (Å²) in [7, 11) is 0. The summed E-state index contributed by atoms with van der Waals surface area (Å²) in [5.74, 6) is -0.227. The molecule has 1 N–H and O–H groups in total. The predicted octanol–water partition coefficient (Wildman–Crippen LogP) is 1.02. The van der Waals surface area contributed by atoms with Crippen LogP contribution in [0.4, 0.5) is 0 Å². The van der Waals surface area contributed by atoms with Crippen molar-refractivity contribution in [2.24, 2.45) is 0 Å². The largest absolute Gasteiger partial charge is 0.292 e. The van der Waals surface area contributed by atoms with Gasteiger partial charge in [-0.15, -0.1) is 0 Å². The number of ketones is 1. The lowest BCUT2D eigenvalue weighted by Gasteiger charge is -2.04. The highest BCUT2D eigenvalue weighted by atomic mass is 127. The van der Waals surface area contributed by atoms with E-state index in [9.17, 15) is 14.4 Å². The number of nitrogens with one attached hydrogen (secondary N) is 1. The number of carbonyl (C=O) groups excluding carboxylic acids is 1. The Morgan fingerprint density at radius 1 is 1.11 bits per heavy atom. The molecule has 1 heterocycles. The number of aromatic nitrogens is 2. The second kappa shape index (κ2) is 5.30. The highest BCUT2D eigenvalue weighted by Gasteiger charge is 2.08. The van der Waals surface area contributed by atoms with E-state index in [2.05, 4.69) is 27.7 Å². The quantitative estimate of drug-likeness (QED) is 0.660. The summed E-state index contributed by atoms with van der Waals surface area (Å²) in [6.45, 7) is -0.171. The third kappa shape index (κ3) is 2.95. The summed E-state index contributed by atoms with van der Waals surface area (Å²) in [4.78, 5) is 34.4. The van der Waals surface area contributed by atoms with Crippen molar-refractivity contribution in [2.45, 2.75) is 6.54 Å². The Hall–Kier alpha value is -1.70. The summed E-state index contributed by atoms with van der Waals surface area (Å²) < 4.78 is 2.03. The number of benzene rings is 1. The fourth-order valence-electron chi connectivity index (χ4n) is 1.45. The summed E-state index contributed by atoms with van der Waals surface area (Å²) >= 11 is 2.14. The van der Waals surface area contributed by atoms with E-state index in [1.165, 1.54) is 0 Å². The van der Waals surface area contributed by atoms with Crippen molar-refractivity contribution >= 4 is 28.4 Å². The van der Waals surface area contributed by atoms with Crippen LogP contribution in [0.25, 0.3) is 0 Å². The molecule has 0 aliphatic rings. The smallest absolute Gasteiger partial charge is 0.265 e. The van der Waals surface area contributed by atoms with Crippen LogP contribution in [0.3, 0.4) is 0 Å². The minimum Gasteiger partial charge on any atom is -0.292 e. The zero-order valence-electron chi connectivity index (χ0n) is 9.22. The average molecular weight is 356 g/mol. The van der Waals surface area contributed by atoms with E-state index in [-0.39, 0.29) is 12.3 Å². The van der Waals surface area contributed by atoms with Gasteiger partial charge in [0.1, 0.15) is 6.54 Å². The Morgan fingerprint density at radius 3 is 2.44 bits per heavy atom. The maximum atomic E-state index is 11.9. The molecule has 0 saturated heterocycles. The van der Waals surface area contributed by atoms with Crippen molar-refractivity contribution in [1.29, 1.82) is 0 Å². The van der Waals surface area contributed by atoms with Crippen LogP contribution in [-0.4, -0.2) is 15.6 Å². The molecule has 0 spiro atoms. The fourth-order valence-corrected chi connectivity index (χ4v) is 1.81. The van der Waals surface area contributed by atoms with E-state index in [1.807, 2.05) is 12.1 Å². The highest BCUT2D eigenvalue weighted by molar-refractivity contribution is 14.1. The van der Waals surface area contributed by atoms with Crippen molar-refractivity contribution in [2.75, 3.05) is 0 Å². The van der Waals surface area contributed by atoms with Gasteiger partial charge in [-0.25, -0.2) is 4.68 Å². The van der Waals surface area contributed by atoms with E-state index < -0.39 is 11.1 Å². The first-order chi connectivity index (χ1) is 8.56. The summed E-state index contributed by atoms with van der Waals surface area (Å²) in [5, 5.41) is 2.31. The molecule has 0 amide bonds. The van der Waals surface area contributed by atoms with Crippen LogP contribution in [0.1, 0.15) is 10.4 Å². The molecule has 0 bridgehead atoms. The molecule has 18 heavy (non-hydrogen) atoms. The molecule has 0 aliphatic carbocycles. The molecule has 6 heteroatoms. The Kier molecular flexibility index (Phi) is 3.75. The second-order valence-corrected chi connectivity index (χ2v) is 4.91. The van der Waals surface area contributed by atoms with Gasteiger partial charge in [-0.1, -0.05) is 12.1 Å². The van der Waals surface area contributed by atoms with Gasteiger partial charge in [-0.05, 0) is 34.7 Å². The van der Waals surface area contributed by atoms with Gasteiger partial charge >= 0.3 is 0 Å². The van der Waals surface area contributed by atoms with Crippen molar-refractivity contribution in [1.82, 2.24) is 9.78 Å². The zero-order valence-corrected chi connectivity index (χ0v) is 11.4. The molecule has 0 radical (unpaired) electrons. The molecule has 92 valence electrons. The van der Waals surface area contributed by atoms with Crippen LogP contribution < -0.4 is 11.1 Å². The number of aromatic amines is 1. The molecule has 2 rings (SSSR count). The van der Waals surface area contributed by atoms with Crippen LogP contribution in [0.2, 0.25) is 0 Å². The number of hydrogen-bond donors (Lipinski definition) is 1. The third-order valence-electron chi connectivity index (χ3n) is 2.36. The van der Waals surface area contributed by atoms with Gasteiger partial charge in [0.2, 0.25) is 0 Å². The van der Waals surface area contributed by atoms with Crippen LogP contribution in [0, 0.1) is 3.57 Å². The van der Waals surface area contributed by atoms with Crippen molar-refractivity contribution in [3.05, 3.63) is 66.2 Å². The maximum absolute atomic E-state index is 11.9. The molecule has 1 aromatic heterocycles. The first-order valence-electron chi connectivity index (χ1n) is 5.15. The van der Waals surface area contributed by atoms with Gasteiger partial charge in [-0.2, -0.15) is 0 Å². The van der Waals surface area contributed by atoms with Crippen LogP contribution in [0.15, 0.2) is 46.0 Å². The van der Waals surface area contributed by atoms with Crippen LogP contribution in [0.5, 0.6) is 0 Å². The maximum Gasteiger partial charge on any atom is 0.265 e. The van der Waals surface area contributed by atoms with Gasteiger partial charge in [0.15, 0.2) is 5.78 Å². The second-order valence-electron chi connectivity index (χ2n) is 3.66. The monoisotopic (exact) mass is 356 g/mol. The van der Waals surface area contributed by atoms with E-state index in [4.69, 9.17) is 0 Å². The van der Waals surface area contributed by atoms with Crippen molar-refractivity contribution in [3.8, 4) is 0 Å². The van der Waals surface area contributed by atoms with E-state index in [1.54, 1.807) is 12.1 Å². The van der Waals surface area contributed by atoms with Gasteiger partial charge in [0.05, 0.1) is 0 Å². The van der Waals surface area contributed by atoms with Crippen molar-refractivity contribution < 1.29 is 4.79 Å². The lowest BCUT2D eigenvalue weighted by molar-refractivity contribution is 0.0965. The van der Waals surface area contributed by atoms with E-state index in [0.717, 1.165) is 20.4 Å². The Morgan fingerprint density at radius 2 is 1.78 bits per heavy atom. The van der Waals surface area contributed by atoms with Gasteiger partial charge < -0.3 is 0 Å². The Bertz CT molecular complexity index is 685. The van der Waals surface area contributed by atoms with E-state index >= 15 is 0 Å². The molecule has 0 saturated carbocycles. The molecular weight excluding hydrogens is 347 g/mol. The third-order valence-corrected chi connectivity index (χ3v) is 3.08. The normalized spacial score (nSPS) is 10.3. The number of rotatable bonds is 3. The minimum absolute atomic E-state index is 0.171. The Labute approximate surface area is 116 Å². The number of Topliss-reactive ketones (excluding diaryl/α,β-unsaturated/α-hetero) is 1. The molecule has 1 aromatic carbocycles. The number of hydrogen-bond acceptors (Lipinski definition) is 3. The number of halogens is 1. The van der Waals surface area contributed by atoms with Crippen molar-refractivity contribution in [3.63, 3.8) is 0 Å². The van der Waals surface area contributed by atoms with E-state index in [0.29, 0.717) is 5.56 Å². The number of nitrogens with zero attached hydrogens (tertiary/aromatic N) is 1. The average Bonchev–Trinajstić information content (AvgIpc) is 2.34. The van der Waals surface area contributed by atoms with Gasteiger partial charge in [0, 0.05) is 21.3 Å². The highest BCUT2D eigenvalue weighted by Crippen LogP contribution is 2.07. The van der Waals surface area contributed by atoms with Crippen LogP contribution in [-0.2, 0) is 6.54 Å². The van der Waals surface area contributed by atoms with Gasteiger partial charge in [-0.3, -0.25) is 19.5 Å². The van der Waals surface area contributed by atoms with Crippen LogP contribution >= 0.6 is 22.6 Å². The Balaban J connectivity index is 2.26.